The van der Waals surface area contributed by atoms with Crippen molar-refractivity contribution in [3.8, 4) is 0 Å². The molecule has 3 rings (SSSR count). The molecule has 1 fully saturated rings. The highest BCUT2D eigenvalue weighted by molar-refractivity contribution is 7.99. The standard InChI is InChI=1S/C22H28N2OS/c1-22(2,3)19-9-7-18(8-10-19)21(25)24-14-11-17(12-15-24)16-26-20-6-4-5-13-23-20/h4-10,13,17H,11-12,14-16H2,1-3H3. The zero-order valence-corrected chi connectivity index (χ0v) is 16.8. The zero-order valence-electron chi connectivity index (χ0n) is 15.9. The maximum absolute atomic E-state index is 12.8. The van der Waals surface area contributed by atoms with Gasteiger partial charge in [0.2, 0.25) is 0 Å². The molecule has 0 radical (unpaired) electrons. The van der Waals surface area contributed by atoms with Gasteiger partial charge in [-0.2, -0.15) is 0 Å². The quantitative estimate of drug-likeness (QED) is 0.710. The SMILES string of the molecule is CC(C)(C)c1ccc(C(=O)N2CCC(CSc3ccccn3)CC2)cc1. The first-order chi connectivity index (χ1) is 12.4. The molecule has 1 aromatic carbocycles. The molecule has 1 aliphatic rings. The second-order valence-corrected chi connectivity index (χ2v) is 9.08. The van der Waals surface area contributed by atoms with E-state index in [-0.39, 0.29) is 11.3 Å². The van der Waals surface area contributed by atoms with Crippen LogP contribution in [0.4, 0.5) is 0 Å². The predicted octanol–water partition coefficient (Wildman–Crippen LogP) is 5.02. The number of hydrogen-bond acceptors (Lipinski definition) is 3. The predicted molar refractivity (Wildman–Crippen MR) is 109 cm³/mol. The molecule has 26 heavy (non-hydrogen) atoms. The minimum atomic E-state index is 0.116. The van der Waals surface area contributed by atoms with E-state index in [0.717, 1.165) is 42.3 Å². The number of amides is 1. The maximum atomic E-state index is 12.8. The van der Waals surface area contributed by atoms with E-state index in [2.05, 4.69) is 44.0 Å². The average molecular weight is 369 g/mol. The maximum Gasteiger partial charge on any atom is 0.253 e. The Bertz CT molecular complexity index is 714. The molecule has 3 nitrogen and oxygen atoms in total. The van der Waals surface area contributed by atoms with Gasteiger partial charge in [-0.1, -0.05) is 39.0 Å². The van der Waals surface area contributed by atoms with Gasteiger partial charge in [0, 0.05) is 30.6 Å². The lowest BCUT2D eigenvalue weighted by Crippen LogP contribution is -2.39. The number of hydrogen-bond donors (Lipinski definition) is 0. The van der Waals surface area contributed by atoms with E-state index < -0.39 is 0 Å². The van der Waals surface area contributed by atoms with Crippen molar-refractivity contribution < 1.29 is 4.79 Å². The van der Waals surface area contributed by atoms with Crippen LogP contribution in [0.25, 0.3) is 0 Å². The van der Waals surface area contributed by atoms with E-state index in [4.69, 9.17) is 0 Å². The Balaban J connectivity index is 1.50. The van der Waals surface area contributed by atoms with Gasteiger partial charge in [-0.15, -0.1) is 11.8 Å². The summed E-state index contributed by atoms with van der Waals surface area (Å²) >= 11 is 1.82. The van der Waals surface area contributed by atoms with Crippen LogP contribution in [-0.2, 0) is 5.41 Å². The first-order valence-corrected chi connectivity index (χ1v) is 10.4. The number of likely N-dealkylation sites (tertiary alicyclic amines) is 1. The molecule has 1 aromatic heterocycles. The normalized spacial score (nSPS) is 15.9. The van der Waals surface area contributed by atoms with Crippen LogP contribution in [0, 0.1) is 5.92 Å². The van der Waals surface area contributed by atoms with Gasteiger partial charge in [0.25, 0.3) is 5.91 Å². The molecular weight excluding hydrogens is 340 g/mol. The van der Waals surface area contributed by atoms with Crippen molar-refractivity contribution in [1.29, 1.82) is 0 Å². The summed E-state index contributed by atoms with van der Waals surface area (Å²) in [5.41, 5.74) is 2.18. The van der Waals surface area contributed by atoms with Crippen LogP contribution in [0.5, 0.6) is 0 Å². The lowest BCUT2D eigenvalue weighted by molar-refractivity contribution is 0.0698. The van der Waals surface area contributed by atoms with Gasteiger partial charge in [-0.05, 0) is 54.0 Å². The van der Waals surface area contributed by atoms with Crippen molar-refractivity contribution in [2.75, 3.05) is 18.8 Å². The molecule has 1 aliphatic heterocycles. The number of aromatic nitrogens is 1. The first-order valence-electron chi connectivity index (χ1n) is 9.37. The molecule has 0 aliphatic carbocycles. The zero-order chi connectivity index (χ0) is 18.6. The number of pyridine rings is 1. The van der Waals surface area contributed by atoms with Crippen molar-refractivity contribution in [1.82, 2.24) is 9.88 Å². The smallest absolute Gasteiger partial charge is 0.253 e. The van der Waals surface area contributed by atoms with Crippen LogP contribution in [0.15, 0.2) is 53.7 Å². The summed E-state index contributed by atoms with van der Waals surface area (Å²) in [6.45, 7) is 8.29. The third-order valence-corrected chi connectivity index (χ3v) is 6.18. The highest BCUT2D eigenvalue weighted by atomic mass is 32.2. The van der Waals surface area contributed by atoms with Crippen LogP contribution in [0.2, 0.25) is 0 Å². The summed E-state index contributed by atoms with van der Waals surface area (Å²) in [5.74, 6) is 1.91. The van der Waals surface area contributed by atoms with Gasteiger partial charge in [-0.3, -0.25) is 4.79 Å². The lowest BCUT2D eigenvalue weighted by Gasteiger charge is -2.32. The summed E-state index contributed by atoms with van der Waals surface area (Å²) in [6, 6.07) is 14.2. The fourth-order valence-electron chi connectivity index (χ4n) is 3.23. The second kappa shape index (κ2) is 8.26. The number of rotatable bonds is 4. The van der Waals surface area contributed by atoms with Gasteiger partial charge in [0.1, 0.15) is 0 Å². The molecular formula is C22H28N2OS. The summed E-state index contributed by atoms with van der Waals surface area (Å²) in [7, 11) is 0. The van der Waals surface area contributed by atoms with E-state index in [1.165, 1.54) is 5.56 Å². The summed E-state index contributed by atoms with van der Waals surface area (Å²) < 4.78 is 0. The van der Waals surface area contributed by atoms with Gasteiger partial charge in [0.05, 0.1) is 5.03 Å². The van der Waals surface area contributed by atoms with Crippen LogP contribution in [0.3, 0.4) is 0 Å². The molecule has 4 heteroatoms. The Morgan fingerprint density at radius 3 is 2.38 bits per heavy atom. The lowest BCUT2D eigenvalue weighted by atomic mass is 9.86. The summed E-state index contributed by atoms with van der Waals surface area (Å²) in [6.07, 6.45) is 3.99. The molecule has 0 saturated carbocycles. The van der Waals surface area contributed by atoms with E-state index in [9.17, 15) is 4.79 Å². The van der Waals surface area contributed by atoms with Gasteiger partial charge in [-0.25, -0.2) is 4.98 Å². The van der Waals surface area contributed by atoms with E-state index in [1.54, 1.807) is 0 Å². The van der Waals surface area contributed by atoms with Crippen molar-refractivity contribution in [2.24, 2.45) is 5.92 Å². The number of nitrogens with zero attached hydrogens (tertiary/aromatic N) is 2. The van der Waals surface area contributed by atoms with Crippen LogP contribution >= 0.6 is 11.8 Å². The van der Waals surface area contributed by atoms with Crippen molar-refractivity contribution in [3.05, 3.63) is 59.8 Å². The van der Waals surface area contributed by atoms with Gasteiger partial charge < -0.3 is 4.90 Å². The second-order valence-electron chi connectivity index (χ2n) is 8.04. The van der Waals surface area contributed by atoms with Gasteiger partial charge in [0.15, 0.2) is 0 Å². The molecule has 0 spiro atoms. The molecule has 1 saturated heterocycles. The molecule has 138 valence electrons. The molecule has 1 amide bonds. The molecule has 0 unspecified atom stereocenters. The van der Waals surface area contributed by atoms with Crippen molar-refractivity contribution >= 4 is 17.7 Å². The average Bonchev–Trinajstić information content (AvgIpc) is 2.66. The summed E-state index contributed by atoms with van der Waals surface area (Å²) in [4.78, 5) is 19.1. The van der Waals surface area contributed by atoms with E-state index in [1.807, 2.05) is 47.1 Å². The van der Waals surface area contributed by atoms with Crippen molar-refractivity contribution in [3.63, 3.8) is 0 Å². The minimum absolute atomic E-state index is 0.116. The van der Waals surface area contributed by atoms with Crippen LogP contribution < -0.4 is 0 Å². The molecule has 2 heterocycles. The Kier molecular flexibility index (Phi) is 6.02. The number of carbonyl (C=O) groups excluding carboxylic acids is 1. The molecule has 0 bridgehead atoms. The highest BCUT2D eigenvalue weighted by Crippen LogP contribution is 2.27. The summed E-state index contributed by atoms with van der Waals surface area (Å²) in [5, 5.41) is 1.09. The third kappa shape index (κ3) is 4.88. The molecule has 2 aromatic rings. The highest BCUT2D eigenvalue weighted by Gasteiger charge is 2.24. The van der Waals surface area contributed by atoms with Crippen LogP contribution in [0.1, 0.15) is 49.5 Å². The largest absolute Gasteiger partial charge is 0.339 e. The Hall–Kier alpha value is -1.81. The number of thioether (sulfide) groups is 1. The molecule has 0 N–H and O–H groups in total. The fourth-order valence-corrected chi connectivity index (χ4v) is 4.28. The fraction of sp³-hybridized carbons (Fsp3) is 0.455. The van der Waals surface area contributed by atoms with Crippen LogP contribution in [-0.4, -0.2) is 34.6 Å². The van der Waals surface area contributed by atoms with E-state index >= 15 is 0 Å². The van der Waals surface area contributed by atoms with Crippen molar-refractivity contribution in [2.45, 2.75) is 44.1 Å². The Labute approximate surface area is 161 Å². The Morgan fingerprint density at radius 2 is 1.81 bits per heavy atom. The molecule has 0 atom stereocenters. The Morgan fingerprint density at radius 1 is 1.12 bits per heavy atom. The van der Waals surface area contributed by atoms with Gasteiger partial charge >= 0.3 is 0 Å². The number of benzene rings is 1. The monoisotopic (exact) mass is 368 g/mol. The first kappa shape index (κ1) is 19.0. The van der Waals surface area contributed by atoms with E-state index in [0.29, 0.717) is 5.92 Å². The third-order valence-electron chi connectivity index (χ3n) is 5.00. The topological polar surface area (TPSA) is 33.2 Å². The number of piperidine rings is 1. The minimum Gasteiger partial charge on any atom is -0.339 e. The number of carbonyl (C=O) groups is 1.